The van der Waals surface area contributed by atoms with Crippen LogP contribution in [0.3, 0.4) is 0 Å². The number of nitrogens with zero attached hydrogens (tertiary/aromatic N) is 1. The molecule has 1 saturated heterocycles. The smallest absolute Gasteiger partial charge is 0.262 e. The molecule has 1 heterocycles. The third kappa shape index (κ3) is 1.48. The Morgan fingerprint density at radius 1 is 1.28 bits per heavy atom. The minimum atomic E-state index is -1.45. The fourth-order valence-electron chi connectivity index (χ4n) is 2.89. The van der Waals surface area contributed by atoms with Gasteiger partial charge in [0.05, 0.1) is 5.54 Å². The van der Waals surface area contributed by atoms with Crippen LogP contribution in [0, 0.1) is 0 Å². The summed E-state index contributed by atoms with van der Waals surface area (Å²) in [7, 11) is 0. The van der Waals surface area contributed by atoms with Crippen LogP contribution in [0.25, 0.3) is 0 Å². The summed E-state index contributed by atoms with van der Waals surface area (Å²) in [5, 5.41) is 10.9. The first-order chi connectivity index (χ1) is 8.24. The Hall–Kier alpha value is -0.870. The van der Waals surface area contributed by atoms with Gasteiger partial charge in [-0.1, -0.05) is 34.1 Å². The molecule has 1 amide bonds. The lowest BCUT2D eigenvalue weighted by molar-refractivity contribution is -0.221. The van der Waals surface area contributed by atoms with Crippen LogP contribution in [0.15, 0.2) is 28.7 Å². The highest BCUT2D eigenvalue weighted by molar-refractivity contribution is 9.10. The molecule has 4 heteroatoms. The minimum Gasteiger partial charge on any atom is -0.373 e. The molecule has 2 rings (SSSR count). The van der Waals surface area contributed by atoms with Crippen molar-refractivity contribution >= 4 is 21.8 Å². The summed E-state index contributed by atoms with van der Waals surface area (Å²) in [6.07, 6.45) is 0. The zero-order valence-corrected chi connectivity index (χ0v) is 12.7. The normalized spacial score (nSPS) is 26.4. The molecule has 1 aromatic carbocycles. The van der Waals surface area contributed by atoms with Gasteiger partial charge < -0.3 is 10.0 Å². The van der Waals surface area contributed by atoms with Gasteiger partial charge in [0.1, 0.15) is 0 Å². The van der Waals surface area contributed by atoms with Gasteiger partial charge >= 0.3 is 0 Å². The van der Waals surface area contributed by atoms with Crippen molar-refractivity contribution in [2.45, 2.75) is 44.9 Å². The molecule has 0 spiro atoms. The van der Waals surface area contributed by atoms with Crippen LogP contribution >= 0.6 is 15.9 Å². The number of halogens is 1. The predicted octanol–water partition coefficient (Wildman–Crippen LogP) is 2.67. The van der Waals surface area contributed by atoms with E-state index in [9.17, 15) is 9.90 Å². The van der Waals surface area contributed by atoms with E-state index in [1.807, 2.05) is 45.9 Å². The summed E-state index contributed by atoms with van der Waals surface area (Å²) in [5.74, 6) is -0.227. The second-order valence-corrected chi connectivity index (χ2v) is 6.37. The zero-order chi connectivity index (χ0) is 13.7. The summed E-state index contributed by atoms with van der Waals surface area (Å²) in [6, 6.07) is 7.42. The first-order valence-corrected chi connectivity index (χ1v) is 6.85. The lowest BCUT2D eigenvalue weighted by Gasteiger charge is -2.61. The molecule has 0 aromatic heterocycles. The molecule has 0 aliphatic carbocycles. The number of benzene rings is 1. The minimum absolute atomic E-state index is 0.0789. The maximum Gasteiger partial charge on any atom is 0.262 e. The maximum absolute atomic E-state index is 12.3. The Morgan fingerprint density at radius 2 is 1.83 bits per heavy atom. The first kappa shape index (κ1) is 13.6. The average Bonchev–Trinajstić information content (AvgIpc) is 2.27. The number of hydrogen-bond donors (Lipinski definition) is 1. The summed E-state index contributed by atoms with van der Waals surface area (Å²) in [4.78, 5) is 14.1. The Kier molecular flexibility index (Phi) is 3.06. The van der Waals surface area contributed by atoms with Gasteiger partial charge in [-0.3, -0.25) is 4.79 Å². The van der Waals surface area contributed by atoms with Crippen molar-refractivity contribution in [1.82, 2.24) is 4.90 Å². The van der Waals surface area contributed by atoms with Gasteiger partial charge in [-0.15, -0.1) is 0 Å². The number of likely N-dealkylation sites (tertiary alicyclic amines) is 1. The van der Waals surface area contributed by atoms with Gasteiger partial charge in [0.25, 0.3) is 5.91 Å². The highest BCUT2D eigenvalue weighted by atomic mass is 79.9. The maximum atomic E-state index is 12.3. The molecule has 1 atom stereocenters. The van der Waals surface area contributed by atoms with Crippen molar-refractivity contribution in [3.63, 3.8) is 0 Å². The van der Waals surface area contributed by atoms with Gasteiger partial charge in [0, 0.05) is 16.1 Å². The molecular formula is C14H18BrNO2. The third-order valence-electron chi connectivity index (χ3n) is 3.80. The molecule has 0 bridgehead atoms. The first-order valence-electron chi connectivity index (χ1n) is 6.05. The van der Waals surface area contributed by atoms with E-state index in [2.05, 4.69) is 15.9 Å². The number of rotatable bonds is 2. The predicted molar refractivity (Wildman–Crippen MR) is 74.1 cm³/mol. The van der Waals surface area contributed by atoms with E-state index < -0.39 is 11.1 Å². The lowest BCUT2D eigenvalue weighted by atomic mass is 9.67. The third-order valence-corrected chi connectivity index (χ3v) is 4.49. The number of carbonyl (C=O) groups excluding carboxylic acids is 1. The van der Waals surface area contributed by atoms with Crippen molar-refractivity contribution < 1.29 is 9.90 Å². The van der Waals surface area contributed by atoms with Crippen LogP contribution in [-0.2, 0) is 10.4 Å². The van der Waals surface area contributed by atoms with E-state index in [0.29, 0.717) is 5.56 Å². The Labute approximate surface area is 116 Å². The fraction of sp³-hybridized carbons (Fsp3) is 0.500. The number of hydrogen-bond acceptors (Lipinski definition) is 2. The summed E-state index contributed by atoms with van der Waals surface area (Å²) in [6.45, 7) is 7.71. The van der Waals surface area contributed by atoms with Gasteiger partial charge in [0.2, 0.25) is 0 Å². The quantitative estimate of drug-likeness (QED) is 0.853. The molecular weight excluding hydrogens is 294 g/mol. The molecule has 1 fully saturated rings. The molecule has 1 N–H and O–H groups in total. The Bertz CT molecular complexity index is 498. The van der Waals surface area contributed by atoms with Crippen LogP contribution in [0.5, 0.6) is 0 Å². The SMILES string of the molecule is CC(C)N1C(=O)C(O)(c2ccccc2Br)C1(C)C. The number of carbonyl (C=O) groups is 1. The molecule has 1 aromatic rings. The molecule has 18 heavy (non-hydrogen) atoms. The van der Waals surface area contributed by atoms with Crippen LogP contribution in [-0.4, -0.2) is 27.5 Å². The number of amides is 1. The van der Waals surface area contributed by atoms with Crippen molar-refractivity contribution in [3.8, 4) is 0 Å². The van der Waals surface area contributed by atoms with E-state index in [1.165, 1.54) is 0 Å². The van der Waals surface area contributed by atoms with E-state index in [0.717, 1.165) is 4.47 Å². The molecule has 1 aliphatic rings. The second kappa shape index (κ2) is 4.07. The van der Waals surface area contributed by atoms with E-state index in [4.69, 9.17) is 0 Å². The standard InChI is InChI=1S/C14H18BrNO2/c1-9(2)16-12(17)14(18,13(16,3)4)10-7-5-6-8-11(10)15/h5-9,18H,1-4H3. The van der Waals surface area contributed by atoms with Crippen LogP contribution in [0.4, 0.5) is 0 Å². The lowest BCUT2D eigenvalue weighted by Crippen LogP contribution is -2.79. The average molecular weight is 312 g/mol. The Morgan fingerprint density at radius 3 is 2.28 bits per heavy atom. The highest BCUT2D eigenvalue weighted by Crippen LogP contribution is 2.50. The second-order valence-electron chi connectivity index (χ2n) is 5.52. The number of aliphatic hydroxyl groups is 1. The van der Waals surface area contributed by atoms with Gasteiger partial charge in [-0.05, 0) is 33.8 Å². The Balaban J connectivity index is 2.52. The largest absolute Gasteiger partial charge is 0.373 e. The highest BCUT2D eigenvalue weighted by Gasteiger charge is 2.67. The van der Waals surface area contributed by atoms with Crippen LogP contribution in [0.1, 0.15) is 33.3 Å². The zero-order valence-electron chi connectivity index (χ0n) is 11.1. The van der Waals surface area contributed by atoms with Gasteiger partial charge in [-0.2, -0.15) is 0 Å². The van der Waals surface area contributed by atoms with Crippen molar-refractivity contribution in [2.24, 2.45) is 0 Å². The monoisotopic (exact) mass is 311 g/mol. The van der Waals surface area contributed by atoms with Crippen molar-refractivity contribution in [2.75, 3.05) is 0 Å². The molecule has 3 nitrogen and oxygen atoms in total. The molecule has 98 valence electrons. The van der Waals surface area contributed by atoms with Crippen molar-refractivity contribution in [1.29, 1.82) is 0 Å². The summed E-state index contributed by atoms with van der Waals surface area (Å²) >= 11 is 3.41. The molecule has 1 aliphatic heterocycles. The van der Waals surface area contributed by atoms with E-state index >= 15 is 0 Å². The molecule has 1 unspecified atom stereocenters. The van der Waals surface area contributed by atoms with Crippen molar-refractivity contribution in [3.05, 3.63) is 34.3 Å². The number of β-lactam (4-membered cyclic amide) rings is 1. The summed E-state index contributed by atoms with van der Waals surface area (Å²) in [5.41, 5.74) is -1.42. The topological polar surface area (TPSA) is 40.5 Å². The summed E-state index contributed by atoms with van der Waals surface area (Å²) < 4.78 is 0.761. The van der Waals surface area contributed by atoms with Crippen LogP contribution in [0.2, 0.25) is 0 Å². The van der Waals surface area contributed by atoms with Gasteiger partial charge in [0.15, 0.2) is 5.60 Å². The molecule has 0 saturated carbocycles. The van der Waals surface area contributed by atoms with Crippen LogP contribution < -0.4 is 0 Å². The fourth-order valence-corrected chi connectivity index (χ4v) is 3.46. The van der Waals surface area contributed by atoms with Gasteiger partial charge in [-0.25, -0.2) is 0 Å². The molecule has 0 radical (unpaired) electrons. The van der Waals surface area contributed by atoms with E-state index in [1.54, 1.807) is 11.0 Å². The van der Waals surface area contributed by atoms with E-state index in [-0.39, 0.29) is 11.9 Å².